The molecule has 1 aliphatic carbocycles. The second-order valence-corrected chi connectivity index (χ2v) is 5.44. The normalized spacial score (nSPS) is 17.1. The predicted molar refractivity (Wildman–Crippen MR) is 86.7 cm³/mol. The van der Waals surface area contributed by atoms with E-state index in [0.717, 1.165) is 30.0 Å². The van der Waals surface area contributed by atoms with Crippen molar-refractivity contribution in [1.82, 2.24) is 9.97 Å². The predicted octanol–water partition coefficient (Wildman–Crippen LogP) is 3.57. The number of hydrogen-bond acceptors (Lipinski definition) is 4. The molecule has 0 radical (unpaired) electrons. The first-order valence-electron chi connectivity index (χ1n) is 7.69. The van der Waals surface area contributed by atoms with Crippen molar-refractivity contribution in [1.29, 1.82) is 0 Å². The molecule has 0 saturated heterocycles. The van der Waals surface area contributed by atoms with Crippen LogP contribution in [0.4, 0.5) is 11.6 Å². The van der Waals surface area contributed by atoms with Crippen molar-refractivity contribution in [3.8, 4) is 0 Å². The Morgan fingerprint density at radius 2 is 2.00 bits per heavy atom. The Balaban J connectivity index is 1.92. The van der Waals surface area contributed by atoms with Gasteiger partial charge in [-0.05, 0) is 36.8 Å². The minimum Gasteiger partial charge on any atom is -0.373 e. The van der Waals surface area contributed by atoms with E-state index in [1.54, 1.807) is 6.33 Å². The van der Waals surface area contributed by atoms with Crippen LogP contribution in [-0.2, 0) is 12.8 Å². The molecule has 4 nitrogen and oxygen atoms in total. The van der Waals surface area contributed by atoms with Crippen LogP contribution in [0.3, 0.4) is 0 Å². The maximum absolute atomic E-state index is 4.46. The fraction of sp³-hybridized carbons (Fsp3) is 0.412. The van der Waals surface area contributed by atoms with E-state index < -0.39 is 0 Å². The van der Waals surface area contributed by atoms with Gasteiger partial charge in [0, 0.05) is 12.6 Å². The van der Waals surface area contributed by atoms with Gasteiger partial charge in [-0.25, -0.2) is 9.97 Å². The summed E-state index contributed by atoms with van der Waals surface area (Å²) in [6.45, 7) is 2.14. The molecule has 110 valence electrons. The lowest BCUT2D eigenvalue weighted by Crippen LogP contribution is -2.19. The van der Waals surface area contributed by atoms with E-state index in [1.165, 1.54) is 24.0 Å². The van der Waals surface area contributed by atoms with Crippen LogP contribution in [-0.4, -0.2) is 17.0 Å². The molecule has 3 rings (SSSR count). The van der Waals surface area contributed by atoms with Crippen molar-refractivity contribution in [3.63, 3.8) is 0 Å². The molecule has 1 atom stereocenters. The smallest absolute Gasteiger partial charge is 0.135 e. The first-order chi connectivity index (χ1) is 10.3. The topological polar surface area (TPSA) is 49.8 Å². The van der Waals surface area contributed by atoms with Gasteiger partial charge in [0.2, 0.25) is 0 Å². The first kappa shape index (κ1) is 13.9. The van der Waals surface area contributed by atoms with Crippen LogP contribution in [0.1, 0.15) is 42.5 Å². The molecule has 1 heterocycles. The summed E-state index contributed by atoms with van der Waals surface area (Å²) in [5.74, 6) is 1.87. The summed E-state index contributed by atoms with van der Waals surface area (Å²) in [5.41, 5.74) is 4.03. The third kappa shape index (κ3) is 2.71. The Morgan fingerprint density at radius 1 is 1.19 bits per heavy atom. The van der Waals surface area contributed by atoms with Gasteiger partial charge in [-0.1, -0.05) is 31.2 Å². The van der Waals surface area contributed by atoms with E-state index in [1.807, 2.05) is 7.05 Å². The third-order valence-corrected chi connectivity index (χ3v) is 4.22. The Bertz CT molecular complexity index is 624. The van der Waals surface area contributed by atoms with Crippen molar-refractivity contribution >= 4 is 11.6 Å². The molecule has 1 aromatic carbocycles. The number of nitrogens with one attached hydrogen (secondary N) is 2. The Kier molecular flexibility index (Phi) is 4.04. The average Bonchev–Trinajstić information content (AvgIpc) is 2.55. The van der Waals surface area contributed by atoms with E-state index in [4.69, 9.17) is 0 Å². The zero-order chi connectivity index (χ0) is 14.7. The van der Waals surface area contributed by atoms with Crippen LogP contribution in [0.2, 0.25) is 0 Å². The standard InChI is InChI=1S/C17H22N4/c1-3-13-16(18-2)19-11-20-17(13)21-15-10-6-8-12-7-4-5-9-14(12)15/h4-5,7,9,11,15H,3,6,8,10H2,1-2H3,(H2,18,19,20,21). The number of anilines is 2. The lowest BCUT2D eigenvalue weighted by molar-refractivity contribution is 0.598. The fourth-order valence-corrected chi connectivity index (χ4v) is 3.16. The molecule has 1 aliphatic rings. The van der Waals surface area contributed by atoms with Gasteiger partial charge in [0.1, 0.15) is 18.0 Å². The van der Waals surface area contributed by atoms with E-state index in [2.05, 4.69) is 51.8 Å². The van der Waals surface area contributed by atoms with Crippen LogP contribution in [0.15, 0.2) is 30.6 Å². The van der Waals surface area contributed by atoms with Crippen molar-refractivity contribution in [2.45, 2.75) is 38.6 Å². The Labute approximate surface area is 126 Å². The third-order valence-electron chi connectivity index (χ3n) is 4.22. The minimum atomic E-state index is 0.347. The molecule has 4 heteroatoms. The molecule has 0 bridgehead atoms. The highest BCUT2D eigenvalue weighted by atomic mass is 15.1. The number of benzene rings is 1. The SMILES string of the molecule is CCc1c(NC)ncnc1NC1CCCc2ccccc21. The zero-order valence-corrected chi connectivity index (χ0v) is 12.7. The molecule has 2 N–H and O–H groups in total. The summed E-state index contributed by atoms with van der Waals surface area (Å²) in [7, 11) is 1.90. The van der Waals surface area contributed by atoms with Gasteiger partial charge in [-0.2, -0.15) is 0 Å². The van der Waals surface area contributed by atoms with Crippen molar-refractivity contribution < 1.29 is 0 Å². The molecular formula is C17H22N4. The summed E-state index contributed by atoms with van der Waals surface area (Å²) in [5, 5.41) is 6.79. The average molecular weight is 282 g/mol. The summed E-state index contributed by atoms with van der Waals surface area (Å²) < 4.78 is 0. The quantitative estimate of drug-likeness (QED) is 0.900. The molecule has 1 unspecified atom stereocenters. The summed E-state index contributed by atoms with van der Waals surface area (Å²) in [4.78, 5) is 8.77. The van der Waals surface area contributed by atoms with Crippen LogP contribution in [0.25, 0.3) is 0 Å². The van der Waals surface area contributed by atoms with Crippen molar-refractivity contribution in [2.75, 3.05) is 17.7 Å². The highest BCUT2D eigenvalue weighted by Crippen LogP contribution is 2.33. The van der Waals surface area contributed by atoms with Crippen molar-refractivity contribution in [3.05, 3.63) is 47.3 Å². The van der Waals surface area contributed by atoms with Gasteiger partial charge < -0.3 is 10.6 Å². The highest BCUT2D eigenvalue weighted by Gasteiger charge is 2.21. The first-order valence-corrected chi connectivity index (χ1v) is 7.69. The Morgan fingerprint density at radius 3 is 2.81 bits per heavy atom. The second kappa shape index (κ2) is 6.12. The lowest BCUT2D eigenvalue weighted by Gasteiger charge is -2.27. The van der Waals surface area contributed by atoms with E-state index in [9.17, 15) is 0 Å². The fourth-order valence-electron chi connectivity index (χ4n) is 3.16. The van der Waals surface area contributed by atoms with Crippen molar-refractivity contribution in [2.24, 2.45) is 0 Å². The summed E-state index contributed by atoms with van der Waals surface area (Å²) >= 11 is 0. The van der Waals surface area contributed by atoms with Gasteiger partial charge in [-0.3, -0.25) is 0 Å². The number of aryl methyl sites for hydroxylation is 1. The van der Waals surface area contributed by atoms with Crippen LogP contribution in [0, 0.1) is 0 Å². The number of aromatic nitrogens is 2. The van der Waals surface area contributed by atoms with Crippen LogP contribution >= 0.6 is 0 Å². The number of nitrogens with zero attached hydrogens (tertiary/aromatic N) is 2. The monoisotopic (exact) mass is 282 g/mol. The summed E-state index contributed by atoms with van der Waals surface area (Å²) in [6.07, 6.45) is 6.09. The van der Waals surface area contributed by atoms with E-state index in [0.29, 0.717) is 6.04 Å². The van der Waals surface area contributed by atoms with Gasteiger partial charge in [-0.15, -0.1) is 0 Å². The van der Waals surface area contributed by atoms with E-state index >= 15 is 0 Å². The highest BCUT2D eigenvalue weighted by molar-refractivity contribution is 5.58. The largest absolute Gasteiger partial charge is 0.373 e. The second-order valence-electron chi connectivity index (χ2n) is 5.44. The molecule has 0 aliphatic heterocycles. The van der Waals surface area contributed by atoms with Crippen LogP contribution in [0.5, 0.6) is 0 Å². The molecule has 1 aromatic heterocycles. The minimum absolute atomic E-state index is 0.347. The van der Waals surface area contributed by atoms with Gasteiger partial charge >= 0.3 is 0 Å². The molecule has 2 aromatic rings. The zero-order valence-electron chi connectivity index (χ0n) is 12.7. The van der Waals surface area contributed by atoms with Gasteiger partial charge in [0.05, 0.1) is 6.04 Å². The van der Waals surface area contributed by atoms with Crippen LogP contribution < -0.4 is 10.6 Å². The molecule has 0 fully saturated rings. The number of rotatable bonds is 4. The Hall–Kier alpha value is -2.10. The molecule has 0 amide bonds. The molecule has 21 heavy (non-hydrogen) atoms. The number of fused-ring (bicyclic) bond motifs is 1. The molecular weight excluding hydrogens is 260 g/mol. The lowest BCUT2D eigenvalue weighted by atomic mass is 9.87. The maximum Gasteiger partial charge on any atom is 0.135 e. The maximum atomic E-state index is 4.46. The summed E-state index contributed by atoms with van der Waals surface area (Å²) in [6, 6.07) is 9.07. The van der Waals surface area contributed by atoms with Gasteiger partial charge in [0.25, 0.3) is 0 Å². The molecule has 0 spiro atoms. The van der Waals surface area contributed by atoms with E-state index in [-0.39, 0.29) is 0 Å². The number of hydrogen-bond donors (Lipinski definition) is 2. The van der Waals surface area contributed by atoms with Gasteiger partial charge in [0.15, 0.2) is 0 Å². The molecule has 0 saturated carbocycles.